The Labute approximate surface area is 154 Å². The molecule has 0 saturated carbocycles. The first-order chi connectivity index (χ1) is 12.0. The molecule has 2 atom stereocenters. The van der Waals surface area contributed by atoms with Crippen molar-refractivity contribution in [3.63, 3.8) is 0 Å². The highest BCUT2D eigenvalue weighted by molar-refractivity contribution is 6.30. The average Bonchev–Trinajstić information content (AvgIpc) is 2.62. The van der Waals surface area contributed by atoms with Crippen LogP contribution in [0, 0.1) is 5.41 Å². The second-order valence-corrected chi connectivity index (χ2v) is 7.35. The van der Waals surface area contributed by atoms with Gasteiger partial charge in [0.05, 0.1) is 23.7 Å². The standard InChI is InChI=1S/C21H23ClN2O/c1-3-12-21(2)13-11-19(16-7-9-17(22)10-8-16)24(20(21)25)15-18-6-4-5-14-23-18/h3-10,14,19H,1,11-13,15H2,2H3/t19-,21?/m0/s1. The Kier molecular flexibility index (Phi) is 5.24. The monoisotopic (exact) mass is 354 g/mol. The molecule has 1 amide bonds. The number of halogens is 1. The van der Waals surface area contributed by atoms with Crippen molar-refractivity contribution in [2.45, 2.75) is 38.8 Å². The molecule has 0 spiro atoms. The van der Waals surface area contributed by atoms with E-state index in [9.17, 15) is 4.79 Å². The maximum Gasteiger partial charge on any atom is 0.229 e. The molecule has 4 heteroatoms. The van der Waals surface area contributed by atoms with Crippen LogP contribution in [0.5, 0.6) is 0 Å². The van der Waals surface area contributed by atoms with Gasteiger partial charge in [-0.2, -0.15) is 0 Å². The number of amides is 1. The van der Waals surface area contributed by atoms with E-state index in [1.54, 1.807) is 6.20 Å². The smallest absolute Gasteiger partial charge is 0.229 e. The minimum absolute atomic E-state index is 0.0460. The summed E-state index contributed by atoms with van der Waals surface area (Å²) < 4.78 is 0. The van der Waals surface area contributed by atoms with Crippen LogP contribution in [0.3, 0.4) is 0 Å². The SMILES string of the molecule is C=CCC1(C)CC[C@@H](c2ccc(Cl)cc2)N(Cc2ccccn2)C1=O. The molecule has 1 fully saturated rings. The predicted molar refractivity (Wildman–Crippen MR) is 101 cm³/mol. The van der Waals surface area contributed by atoms with E-state index >= 15 is 0 Å². The number of carbonyl (C=O) groups excluding carboxylic acids is 1. The van der Waals surface area contributed by atoms with Crippen LogP contribution in [0.1, 0.15) is 43.5 Å². The van der Waals surface area contributed by atoms with Gasteiger partial charge in [0.1, 0.15) is 0 Å². The van der Waals surface area contributed by atoms with E-state index in [2.05, 4.69) is 11.6 Å². The van der Waals surface area contributed by atoms with Crippen LogP contribution in [0.15, 0.2) is 61.3 Å². The first-order valence-corrected chi connectivity index (χ1v) is 8.99. The number of likely N-dealkylation sites (tertiary alicyclic amines) is 1. The molecule has 0 aliphatic carbocycles. The van der Waals surface area contributed by atoms with Crippen LogP contribution in [0.4, 0.5) is 0 Å². The van der Waals surface area contributed by atoms with Gasteiger partial charge in [-0.05, 0) is 49.1 Å². The van der Waals surface area contributed by atoms with Gasteiger partial charge in [-0.3, -0.25) is 9.78 Å². The first kappa shape index (κ1) is 17.7. The summed E-state index contributed by atoms with van der Waals surface area (Å²) in [5.74, 6) is 0.171. The van der Waals surface area contributed by atoms with Crippen LogP contribution in [0.2, 0.25) is 5.02 Å². The number of aromatic nitrogens is 1. The largest absolute Gasteiger partial charge is 0.329 e. The Morgan fingerprint density at radius 2 is 2.08 bits per heavy atom. The third-order valence-electron chi connectivity index (χ3n) is 5.03. The van der Waals surface area contributed by atoms with E-state index in [-0.39, 0.29) is 17.4 Å². The summed E-state index contributed by atoms with van der Waals surface area (Å²) in [6, 6.07) is 13.7. The maximum atomic E-state index is 13.3. The van der Waals surface area contributed by atoms with Crippen LogP contribution in [0.25, 0.3) is 0 Å². The van der Waals surface area contributed by atoms with Crippen molar-refractivity contribution in [3.05, 3.63) is 77.6 Å². The highest BCUT2D eigenvalue weighted by Crippen LogP contribution is 2.43. The second-order valence-electron chi connectivity index (χ2n) is 6.91. The number of hydrogen-bond acceptors (Lipinski definition) is 2. The molecule has 1 aromatic heterocycles. The van der Waals surface area contributed by atoms with Gasteiger partial charge in [-0.15, -0.1) is 6.58 Å². The van der Waals surface area contributed by atoms with Crippen molar-refractivity contribution in [3.8, 4) is 0 Å². The lowest BCUT2D eigenvalue weighted by Crippen LogP contribution is -2.48. The molecule has 0 radical (unpaired) electrons. The maximum absolute atomic E-state index is 13.3. The van der Waals surface area contributed by atoms with Gasteiger partial charge in [0.25, 0.3) is 0 Å². The van der Waals surface area contributed by atoms with Crippen molar-refractivity contribution in [1.82, 2.24) is 9.88 Å². The van der Waals surface area contributed by atoms with Gasteiger partial charge in [0.2, 0.25) is 5.91 Å². The molecule has 3 nitrogen and oxygen atoms in total. The molecule has 0 bridgehead atoms. The molecule has 2 aromatic rings. The number of rotatable bonds is 5. The number of hydrogen-bond donors (Lipinski definition) is 0. The molecular formula is C21H23ClN2O. The fourth-order valence-corrected chi connectivity index (χ4v) is 3.72. The number of piperidine rings is 1. The molecule has 25 heavy (non-hydrogen) atoms. The van der Waals surface area contributed by atoms with Gasteiger partial charge >= 0.3 is 0 Å². The van der Waals surface area contributed by atoms with E-state index in [4.69, 9.17) is 11.6 Å². The van der Waals surface area contributed by atoms with Gasteiger partial charge in [0.15, 0.2) is 0 Å². The molecule has 1 unspecified atom stereocenters. The molecule has 130 valence electrons. The second kappa shape index (κ2) is 7.40. The van der Waals surface area contributed by atoms with E-state index < -0.39 is 0 Å². The van der Waals surface area contributed by atoms with Crippen molar-refractivity contribution in [1.29, 1.82) is 0 Å². The molecule has 0 N–H and O–H groups in total. The molecular weight excluding hydrogens is 332 g/mol. The Hall–Kier alpha value is -2.13. The Morgan fingerprint density at radius 1 is 1.32 bits per heavy atom. The van der Waals surface area contributed by atoms with Crippen LogP contribution < -0.4 is 0 Å². The van der Waals surface area contributed by atoms with Gasteiger partial charge in [-0.25, -0.2) is 0 Å². The molecule has 1 aromatic carbocycles. The molecule has 1 aliphatic rings. The summed E-state index contributed by atoms with van der Waals surface area (Å²) in [7, 11) is 0. The van der Waals surface area contributed by atoms with Crippen molar-refractivity contribution in [2.75, 3.05) is 0 Å². The van der Waals surface area contributed by atoms with Gasteiger partial charge < -0.3 is 4.90 Å². The van der Waals surface area contributed by atoms with Crippen molar-refractivity contribution < 1.29 is 4.79 Å². The van der Waals surface area contributed by atoms with E-state index in [0.29, 0.717) is 18.0 Å². The Bertz CT molecular complexity index is 744. The quantitative estimate of drug-likeness (QED) is 0.693. The zero-order chi connectivity index (χ0) is 17.9. The van der Waals surface area contributed by atoms with Crippen LogP contribution >= 0.6 is 11.6 Å². The lowest BCUT2D eigenvalue weighted by atomic mass is 9.75. The number of allylic oxidation sites excluding steroid dienone is 1. The third-order valence-corrected chi connectivity index (χ3v) is 5.28. The zero-order valence-electron chi connectivity index (χ0n) is 14.5. The summed E-state index contributed by atoms with van der Waals surface area (Å²) in [5.41, 5.74) is 1.63. The number of benzene rings is 1. The highest BCUT2D eigenvalue weighted by Gasteiger charge is 2.43. The fraction of sp³-hybridized carbons (Fsp3) is 0.333. The summed E-state index contributed by atoms with van der Waals surface area (Å²) in [6.45, 7) is 6.39. The first-order valence-electron chi connectivity index (χ1n) is 8.61. The van der Waals surface area contributed by atoms with E-state index in [0.717, 1.165) is 24.1 Å². The Morgan fingerprint density at radius 3 is 2.72 bits per heavy atom. The minimum atomic E-state index is -0.389. The van der Waals surface area contributed by atoms with Crippen molar-refractivity contribution in [2.24, 2.45) is 5.41 Å². The highest BCUT2D eigenvalue weighted by atomic mass is 35.5. The predicted octanol–water partition coefficient (Wildman–Crippen LogP) is 5.18. The van der Waals surface area contributed by atoms with E-state index in [1.165, 1.54) is 0 Å². The minimum Gasteiger partial charge on any atom is -0.329 e. The van der Waals surface area contributed by atoms with Gasteiger partial charge in [-0.1, -0.05) is 42.8 Å². The van der Waals surface area contributed by atoms with Crippen LogP contribution in [-0.4, -0.2) is 15.8 Å². The number of carbonyl (C=O) groups is 1. The normalized spacial score (nSPS) is 23.5. The van der Waals surface area contributed by atoms with Gasteiger partial charge in [0, 0.05) is 11.2 Å². The van der Waals surface area contributed by atoms with Crippen molar-refractivity contribution >= 4 is 17.5 Å². The summed E-state index contributed by atoms with van der Waals surface area (Å²) >= 11 is 6.03. The fourth-order valence-electron chi connectivity index (χ4n) is 3.59. The molecule has 2 heterocycles. The summed E-state index contributed by atoms with van der Waals surface area (Å²) in [5, 5.41) is 0.707. The zero-order valence-corrected chi connectivity index (χ0v) is 15.2. The lowest BCUT2D eigenvalue weighted by Gasteiger charge is -2.44. The summed E-state index contributed by atoms with van der Waals surface area (Å²) in [4.78, 5) is 19.7. The van der Waals surface area contributed by atoms with Crippen LogP contribution in [-0.2, 0) is 11.3 Å². The average molecular weight is 355 g/mol. The lowest BCUT2D eigenvalue weighted by molar-refractivity contribution is -0.150. The summed E-state index contributed by atoms with van der Waals surface area (Å²) in [6.07, 6.45) is 6.08. The third kappa shape index (κ3) is 3.77. The Balaban J connectivity index is 1.94. The number of nitrogens with zero attached hydrogens (tertiary/aromatic N) is 2. The molecule has 1 aliphatic heterocycles. The topological polar surface area (TPSA) is 33.2 Å². The number of pyridine rings is 1. The van der Waals surface area contributed by atoms with E-state index in [1.807, 2.05) is 60.4 Å². The molecule has 3 rings (SSSR count). The molecule has 1 saturated heterocycles.